The van der Waals surface area contributed by atoms with Crippen LogP contribution in [0.15, 0.2) is 60.7 Å². The van der Waals surface area contributed by atoms with Crippen molar-refractivity contribution in [3.63, 3.8) is 0 Å². The highest BCUT2D eigenvalue weighted by Crippen LogP contribution is 2.44. The van der Waals surface area contributed by atoms with Crippen LogP contribution in [0.5, 0.6) is 0 Å². The average Bonchev–Trinajstić information content (AvgIpc) is 3.15. The topological polar surface area (TPSA) is 95.9 Å². The predicted octanol–water partition coefficient (Wildman–Crippen LogP) is 4.18. The second-order valence-electron chi connectivity index (χ2n) is 9.78. The molecule has 0 heterocycles. The molecule has 35 heavy (non-hydrogen) atoms. The van der Waals surface area contributed by atoms with Crippen LogP contribution in [-0.4, -0.2) is 53.7 Å². The maximum absolute atomic E-state index is 13.0. The van der Waals surface area contributed by atoms with E-state index in [4.69, 9.17) is 9.84 Å². The van der Waals surface area contributed by atoms with E-state index in [1.807, 2.05) is 36.4 Å². The second kappa shape index (κ2) is 9.56. The Bertz CT molecular complexity index is 1120. The summed E-state index contributed by atoms with van der Waals surface area (Å²) in [6, 6.07) is 16.1. The molecule has 0 aliphatic heterocycles. The molecule has 182 valence electrons. The highest BCUT2D eigenvalue weighted by atomic mass is 16.5. The lowest BCUT2D eigenvalue weighted by molar-refractivity contribution is -0.151. The molecule has 1 fully saturated rings. The summed E-state index contributed by atoms with van der Waals surface area (Å²) in [6.07, 6.45) is 5.46. The van der Waals surface area contributed by atoms with Crippen LogP contribution >= 0.6 is 0 Å². The van der Waals surface area contributed by atoms with Crippen LogP contribution < -0.4 is 5.32 Å². The number of allylic oxidation sites excluding steroid dienone is 1. The molecule has 3 aliphatic carbocycles. The number of nitrogens with one attached hydrogen (secondary N) is 1. The first-order valence-corrected chi connectivity index (χ1v) is 12.2. The van der Waals surface area contributed by atoms with E-state index in [-0.39, 0.29) is 42.4 Å². The molecule has 2 aromatic carbocycles. The molecule has 0 spiro atoms. The van der Waals surface area contributed by atoms with Gasteiger partial charge in [0.25, 0.3) is 0 Å². The number of carbonyl (C=O) groups excluding carboxylic acids is 2. The summed E-state index contributed by atoms with van der Waals surface area (Å²) in [4.78, 5) is 38.4. The number of carbonyl (C=O) groups is 3. The third kappa shape index (κ3) is 4.55. The van der Waals surface area contributed by atoms with Gasteiger partial charge in [-0.15, -0.1) is 0 Å². The van der Waals surface area contributed by atoms with E-state index in [0.717, 1.165) is 11.1 Å². The number of hydrogen-bond acceptors (Lipinski definition) is 4. The molecule has 1 saturated carbocycles. The van der Waals surface area contributed by atoms with Crippen molar-refractivity contribution in [3.8, 4) is 11.1 Å². The van der Waals surface area contributed by atoms with Gasteiger partial charge < -0.3 is 20.1 Å². The molecular formula is C28H30N2O5. The zero-order chi connectivity index (χ0) is 24.5. The summed E-state index contributed by atoms with van der Waals surface area (Å²) in [5, 5.41) is 12.0. The Hall–Kier alpha value is -3.61. The molecule has 0 bridgehead atoms. The fourth-order valence-electron chi connectivity index (χ4n) is 5.56. The molecule has 0 aromatic heterocycles. The largest absolute Gasteiger partial charge is 0.481 e. The highest BCUT2D eigenvalue weighted by molar-refractivity contribution is 5.81. The third-order valence-electron chi connectivity index (χ3n) is 7.68. The summed E-state index contributed by atoms with van der Waals surface area (Å²) in [5.74, 6) is -1.40. The number of fused-ring (bicyclic) bond motifs is 3. The monoisotopic (exact) mass is 474 g/mol. The molecule has 0 saturated heterocycles. The van der Waals surface area contributed by atoms with E-state index in [1.165, 1.54) is 11.1 Å². The summed E-state index contributed by atoms with van der Waals surface area (Å²) in [6.45, 7) is 0.244. The zero-order valence-corrected chi connectivity index (χ0v) is 19.7. The van der Waals surface area contributed by atoms with E-state index < -0.39 is 12.1 Å². The Morgan fingerprint density at radius 2 is 1.60 bits per heavy atom. The molecule has 0 radical (unpaired) electrons. The van der Waals surface area contributed by atoms with E-state index in [9.17, 15) is 14.4 Å². The Morgan fingerprint density at radius 3 is 2.23 bits per heavy atom. The first kappa shape index (κ1) is 23.1. The summed E-state index contributed by atoms with van der Waals surface area (Å²) in [7, 11) is 1.75. The van der Waals surface area contributed by atoms with Gasteiger partial charge in [-0.2, -0.15) is 0 Å². The lowest BCUT2D eigenvalue weighted by Gasteiger charge is -2.41. The van der Waals surface area contributed by atoms with Crippen molar-refractivity contribution in [3.05, 3.63) is 71.8 Å². The SMILES string of the molecule is CN(C(=O)[C@@H]1CC=C[C@@H](NC(=O)OCC2c3ccccc3-c3ccccc32)C1)C1CC(C(=O)O)C1. The van der Waals surface area contributed by atoms with Gasteiger partial charge in [0.1, 0.15) is 6.61 Å². The molecule has 7 heteroatoms. The molecule has 5 rings (SSSR count). The van der Waals surface area contributed by atoms with Crippen molar-refractivity contribution in [1.82, 2.24) is 10.2 Å². The van der Waals surface area contributed by atoms with Crippen LogP contribution in [0.3, 0.4) is 0 Å². The van der Waals surface area contributed by atoms with Gasteiger partial charge in [0.05, 0.1) is 12.0 Å². The molecule has 2 amide bonds. The van der Waals surface area contributed by atoms with Gasteiger partial charge in [-0.1, -0.05) is 60.7 Å². The summed E-state index contributed by atoms with van der Waals surface area (Å²) < 4.78 is 5.65. The minimum atomic E-state index is -0.796. The average molecular weight is 475 g/mol. The molecular weight excluding hydrogens is 444 g/mol. The van der Waals surface area contributed by atoms with Crippen LogP contribution in [0.1, 0.15) is 42.7 Å². The standard InChI is InChI=1S/C28H30N2O5/c1-30(20-14-18(15-20)27(32)33)26(31)17-7-6-8-19(13-17)29-28(34)35-16-25-23-11-4-2-9-21(23)22-10-3-5-12-24(22)25/h2-6,8-12,17-20,25H,7,13-16H2,1H3,(H,29,34)(H,32,33)/t17-,18?,19-,20?/m1/s1. The van der Waals surface area contributed by atoms with E-state index in [1.54, 1.807) is 11.9 Å². The van der Waals surface area contributed by atoms with Gasteiger partial charge in [-0.25, -0.2) is 4.79 Å². The lowest BCUT2D eigenvalue weighted by Crippen LogP contribution is -2.50. The Balaban J connectivity index is 1.15. The first-order chi connectivity index (χ1) is 16.9. The number of hydrogen-bond donors (Lipinski definition) is 2. The number of aliphatic carboxylic acids is 1. The number of carboxylic acid groups (broad SMARTS) is 1. The normalized spacial score (nSPS) is 24.6. The first-order valence-electron chi connectivity index (χ1n) is 12.2. The highest BCUT2D eigenvalue weighted by Gasteiger charge is 2.40. The number of carboxylic acids is 1. The predicted molar refractivity (Wildman–Crippen MR) is 131 cm³/mol. The third-order valence-corrected chi connectivity index (χ3v) is 7.68. The van der Waals surface area contributed by atoms with Crippen molar-refractivity contribution in [2.75, 3.05) is 13.7 Å². The van der Waals surface area contributed by atoms with E-state index in [2.05, 4.69) is 29.6 Å². The fourth-order valence-corrected chi connectivity index (χ4v) is 5.56. The number of nitrogens with zero attached hydrogens (tertiary/aromatic N) is 1. The molecule has 2 aromatic rings. The van der Waals surface area contributed by atoms with Crippen LogP contribution in [0.4, 0.5) is 4.79 Å². The number of alkyl carbamates (subject to hydrolysis) is 1. The van der Waals surface area contributed by atoms with Gasteiger partial charge in [0, 0.05) is 24.9 Å². The summed E-state index contributed by atoms with van der Waals surface area (Å²) >= 11 is 0. The van der Waals surface area contributed by atoms with Crippen LogP contribution in [0.25, 0.3) is 11.1 Å². The number of benzene rings is 2. The molecule has 2 atom stereocenters. The van der Waals surface area contributed by atoms with Crippen molar-refractivity contribution in [2.24, 2.45) is 11.8 Å². The minimum Gasteiger partial charge on any atom is -0.481 e. The maximum Gasteiger partial charge on any atom is 0.407 e. The summed E-state index contributed by atoms with van der Waals surface area (Å²) in [5.41, 5.74) is 4.68. The quantitative estimate of drug-likeness (QED) is 0.613. The van der Waals surface area contributed by atoms with Crippen LogP contribution in [0, 0.1) is 11.8 Å². The fraction of sp³-hybridized carbons (Fsp3) is 0.393. The lowest BCUT2D eigenvalue weighted by atomic mass is 9.78. The Labute approximate surface area is 204 Å². The zero-order valence-electron chi connectivity index (χ0n) is 19.7. The molecule has 7 nitrogen and oxygen atoms in total. The maximum atomic E-state index is 13.0. The van der Waals surface area contributed by atoms with E-state index >= 15 is 0 Å². The minimum absolute atomic E-state index is 0.00234. The van der Waals surface area contributed by atoms with Crippen molar-refractivity contribution >= 4 is 18.0 Å². The second-order valence-corrected chi connectivity index (χ2v) is 9.78. The van der Waals surface area contributed by atoms with Crippen molar-refractivity contribution in [2.45, 2.75) is 43.7 Å². The smallest absolute Gasteiger partial charge is 0.407 e. The van der Waals surface area contributed by atoms with Gasteiger partial charge in [0.15, 0.2) is 0 Å². The van der Waals surface area contributed by atoms with Gasteiger partial charge in [0.2, 0.25) is 5.91 Å². The molecule has 2 N–H and O–H groups in total. The van der Waals surface area contributed by atoms with Crippen LogP contribution in [0.2, 0.25) is 0 Å². The van der Waals surface area contributed by atoms with Crippen molar-refractivity contribution < 1.29 is 24.2 Å². The van der Waals surface area contributed by atoms with Crippen molar-refractivity contribution in [1.29, 1.82) is 0 Å². The number of amides is 2. The van der Waals surface area contributed by atoms with Gasteiger partial charge >= 0.3 is 12.1 Å². The van der Waals surface area contributed by atoms with E-state index in [0.29, 0.717) is 25.7 Å². The number of rotatable bonds is 6. The van der Waals surface area contributed by atoms with Gasteiger partial charge in [-0.3, -0.25) is 9.59 Å². The van der Waals surface area contributed by atoms with Crippen LogP contribution in [-0.2, 0) is 14.3 Å². The Kier molecular flexibility index (Phi) is 6.32. The number of ether oxygens (including phenoxy) is 1. The Morgan fingerprint density at radius 1 is 0.971 bits per heavy atom. The molecule has 3 aliphatic rings. The van der Waals surface area contributed by atoms with Gasteiger partial charge in [-0.05, 0) is 47.9 Å². The molecule has 0 unspecified atom stereocenters.